The molecule has 0 amide bonds. The summed E-state index contributed by atoms with van der Waals surface area (Å²) in [6.07, 6.45) is 5.00. The zero-order valence-electron chi connectivity index (χ0n) is 13.8. The highest BCUT2D eigenvalue weighted by Gasteiger charge is 2.19. The second kappa shape index (κ2) is 7.81. The van der Waals surface area contributed by atoms with E-state index in [9.17, 15) is 4.79 Å². The minimum Gasteiger partial charge on any atom is -0.461 e. The van der Waals surface area contributed by atoms with Crippen LogP contribution in [0.25, 0.3) is 0 Å². The first kappa shape index (κ1) is 16.3. The number of esters is 1. The number of ether oxygens (including phenoxy) is 2. The number of H-pyrrole nitrogens is 1. The molecule has 2 heterocycles. The summed E-state index contributed by atoms with van der Waals surface area (Å²) in [5, 5.41) is 9.98. The number of hydrogen-bond acceptors (Lipinski definition) is 6. The topological polar surface area (TPSA) is 80.3 Å². The van der Waals surface area contributed by atoms with Gasteiger partial charge in [-0.2, -0.15) is 0 Å². The summed E-state index contributed by atoms with van der Waals surface area (Å²) in [5.41, 5.74) is 1.18. The van der Waals surface area contributed by atoms with Gasteiger partial charge in [-0.15, -0.1) is 5.10 Å². The lowest BCUT2D eigenvalue weighted by molar-refractivity contribution is 0.0516. The van der Waals surface area contributed by atoms with E-state index < -0.39 is 5.97 Å². The van der Waals surface area contributed by atoms with Gasteiger partial charge in [0.2, 0.25) is 5.69 Å². The lowest BCUT2D eigenvalue weighted by Gasteiger charge is -2.23. The summed E-state index contributed by atoms with van der Waals surface area (Å²) in [6, 6.07) is 7.84. The number of aromatic amines is 1. The van der Waals surface area contributed by atoms with Crippen LogP contribution in [0.4, 0.5) is 5.69 Å². The fourth-order valence-electron chi connectivity index (χ4n) is 2.81. The largest absolute Gasteiger partial charge is 0.461 e. The third-order valence-electron chi connectivity index (χ3n) is 3.99. The summed E-state index contributed by atoms with van der Waals surface area (Å²) in [7, 11) is 0. The molecule has 2 aromatic rings. The predicted molar refractivity (Wildman–Crippen MR) is 89.5 cm³/mol. The van der Waals surface area contributed by atoms with Gasteiger partial charge in [-0.05, 0) is 31.9 Å². The van der Waals surface area contributed by atoms with Crippen LogP contribution in [0, 0.1) is 0 Å². The Morgan fingerprint density at radius 2 is 2.04 bits per heavy atom. The van der Waals surface area contributed by atoms with Gasteiger partial charge in [0.1, 0.15) is 5.75 Å². The van der Waals surface area contributed by atoms with Gasteiger partial charge in [0.25, 0.3) is 5.88 Å². The number of anilines is 1. The van der Waals surface area contributed by atoms with Gasteiger partial charge in [-0.1, -0.05) is 24.1 Å². The van der Waals surface area contributed by atoms with Crippen LogP contribution in [0.1, 0.15) is 43.1 Å². The van der Waals surface area contributed by atoms with Crippen LogP contribution in [-0.4, -0.2) is 41.1 Å². The third-order valence-corrected chi connectivity index (χ3v) is 3.99. The van der Waals surface area contributed by atoms with Crippen molar-refractivity contribution in [3.8, 4) is 11.6 Å². The molecule has 0 aliphatic carbocycles. The molecule has 3 rings (SSSR count). The summed E-state index contributed by atoms with van der Waals surface area (Å²) >= 11 is 0. The first-order valence-electron chi connectivity index (χ1n) is 8.39. The van der Waals surface area contributed by atoms with E-state index in [4.69, 9.17) is 9.47 Å². The van der Waals surface area contributed by atoms with Crippen molar-refractivity contribution in [3.63, 3.8) is 0 Å². The van der Waals surface area contributed by atoms with Gasteiger partial charge in [0.05, 0.1) is 6.61 Å². The molecule has 0 bridgehead atoms. The van der Waals surface area contributed by atoms with Gasteiger partial charge in [-0.3, -0.25) is 0 Å². The van der Waals surface area contributed by atoms with Crippen LogP contribution < -0.4 is 9.64 Å². The number of hydrogen-bond donors (Lipinski definition) is 1. The molecule has 1 aliphatic heterocycles. The third kappa shape index (κ3) is 3.84. The molecule has 1 N–H and O–H groups in total. The Balaban J connectivity index is 1.75. The summed E-state index contributed by atoms with van der Waals surface area (Å²) in [4.78, 5) is 14.2. The molecular weight excluding hydrogens is 308 g/mol. The van der Waals surface area contributed by atoms with Crippen molar-refractivity contribution in [1.29, 1.82) is 0 Å². The predicted octanol–water partition coefficient (Wildman–Crippen LogP) is 3.15. The number of nitrogens with one attached hydrogen (secondary N) is 1. The van der Waals surface area contributed by atoms with E-state index in [0.29, 0.717) is 5.75 Å². The average Bonchev–Trinajstić information content (AvgIpc) is 2.88. The highest BCUT2D eigenvalue weighted by atomic mass is 16.5. The van der Waals surface area contributed by atoms with Crippen molar-refractivity contribution in [3.05, 3.63) is 30.0 Å². The maximum atomic E-state index is 11.8. The van der Waals surface area contributed by atoms with Crippen molar-refractivity contribution >= 4 is 11.7 Å². The number of aromatic nitrogens is 3. The lowest BCUT2D eigenvalue weighted by Crippen LogP contribution is -2.23. The van der Waals surface area contributed by atoms with E-state index in [-0.39, 0.29) is 18.2 Å². The van der Waals surface area contributed by atoms with E-state index in [1.54, 1.807) is 6.92 Å². The molecule has 0 spiro atoms. The molecule has 0 saturated carbocycles. The molecule has 128 valence electrons. The van der Waals surface area contributed by atoms with Crippen LogP contribution >= 0.6 is 0 Å². The Kier molecular flexibility index (Phi) is 5.30. The molecule has 7 nitrogen and oxygen atoms in total. The number of carbonyl (C=O) groups is 1. The van der Waals surface area contributed by atoms with Gasteiger partial charge < -0.3 is 14.4 Å². The molecule has 1 saturated heterocycles. The van der Waals surface area contributed by atoms with Crippen molar-refractivity contribution < 1.29 is 14.3 Å². The highest BCUT2D eigenvalue weighted by Crippen LogP contribution is 2.27. The van der Waals surface area contributed by atoms with E-state index in [1.165, 1.54) is 25.7 Å². The smallest absolute Gasteiger partial charge is 0.364 e. The molecular formula is C17H22N4O3. The maximum Gasteiger partial charge on any atom is 0.364 e. The molecule has 1 aromatic heterocycles. The van der Waals surface area contributed by atoms with Crippen LogP contribution in [0.2, 0.25) is 0 Å². The van der Waals surface area contributed by atoms with E-state index >= 15 is 0 Å². The lowest BCUT2D eigenvalue weighted by atomic mass is 10.2. The Morgan fingerprint density at radius 3 is 2.79 bits per heavy atom. The Labute approximate surface area is 141 Å². The molecule has 1 aromatic carbocycles. The monoisotopic (exact) mass is 330 g/mol. The van der Waals surface area contributed by atoms with Crippen molar-refractivity contribution in [2.45, 2.75) is 32.6 Å². The summed E-state index contributed by atoms with van der Waals surface area (Å²) in [6.45, 7) is 4.13. The van der Waals surface area contributed by atoms with Crippen LogP contribution in [0.15, 0.2) is 24.3 Å². The SMILES string of the molecule is CCOC(=O)c1nn[nH]c1Oc1cccc(N2CCCCCC2)c1. The molecule has 0 radical (unpaired) electrons. The van der Waals surface area contributed by atoms with E-state index in [0.717, 1.165) is 18.8 Å². The molecule has 0 atom stereocenters. The van der Waals surface area contributed by atoms with Crippen molar-refractivity contribution in [2.24, 2.45) is 0 Å². The minimum absolute atomic E-state index is 0.0528. The fourth-order valence-corrected chi connectivity index (χ4v) is 2.81. The molecule has 24 heavy (non-hydrogen) atoms. The van der Waals surface area contributed by atoms with Gasteiger partial charge in [0.15, 0.2) is 0 Å². The first-order chi connectivity index (χ1) is 11.8. The van der Waals surface area contributed by atoms with Crippen molar-refractivity contribution in [2.75, 3.05) is 24.6 Å². The van der Waals surface area contributed by atoms with E-state index in [2.05, 4.69) is 26.4 Å². The first-order valence-corrected chi connectivity index (χ1v) is 8.39. The van der Waals surface area contributed by atoms with Gasteiger partial charge >= 0.3 is 5.97 Å². The number of nitrogens with zero attached hydrogens (tertiary/aromatic N) is 3. The van der Waals surface area contributed by atoms with Crippen LogP contribution in [0.5, 0.6) is 11.6 Å². The van der Waals surface area contributed by atoms with Crippen LogP contribution in [-0.2, 0) is 4.74 Å². The maximum absolute atomic E-state index is 11.8. The number of benzene rings is 1. The van der Waals surface area contributed by atoms with Crippen LogP contribution in [0.3, 0.4) is 0 Å². The summed E-state index contributed by atoms with van der Waals surface area (Å²) in [5.74, 6) is 0.278. The Morgan fingerprint density at radius 1 is 1.25 bits per heavy atom. The second-order valence-electron chi connectivity index (χ2n) is 5.71. The minimum atomic E-state index is -0.551. The molecule has 7 heteroatoms. The average molecular weight is 330 g/mol. The van der Waals surface area contributed by atoms with Gasteiger partial charge in [-0.25, -0.2) is 9.89 Å². The molecule has 1 fully saturated rings. The van der Waals surface area contributed by atoms with E-state index in [1.807, 2.05) is 18.2 Å². The quantitative estimate of drug-likeness (QED) is 0.848. The normalized spacial score (nSPS) is 15.0. The Hall–Kier alpha value is -2.57. The fraction of sp³-hybridized carbons (Fsp3) is 0.471. The zero-order valence-corrected chi connectivity index (χ0v) is 13.8. The number of rotatable bonds is 5. The molecule has 0 unspecified atom stereocenters. The summed E-state index contributed by atoms with van der Waals surface area (Å²) < 4.78 is 10.7. The Bertz CT molecular complexity index is 678. The highest BCUT2D eigenvalue weighted by molar-refractivity contribution is 5.89. The second-order valence-corrected chi connectivity index (χ2v) is 5.71. The van der Waals surface area contributed by atoms with Crippen molar-refractivity contribution in [1.82, 2.24) is 15.4 Å². The van der Waals surface area contributed by atoms with Gasteiger partial charge in [0, 0.05) is 24.8 Å². The molecule has 1 aliphatic rings. The standard InChI is InChI=1S/C17H22N4O3/c1-2-23-17(22)15-16(19-20-18-15)24-14-9-7-8-13(12-14)21-10-5-3-4-6-11-21/h7-9,12H,2-6,10-11H2,1H3,(H,18,19,20). The zero-order chi connectivity index (χ0) is 16.8. The number of carbonyl (C=O) groups excluding carboxylic acids is 1.